The Labute approximate surface area is 239 Å². The van der Waals surface area contributed by atoms with E-state index in [1.165, 1.54) is 11.0 Å². The Morgan fingerprint density at radius 3 is 1.85 bits per heavy atom. The molecule has 0 aromatic heterocycles. The van der Waals surface area contributed by atoms with Gasteiger partial charge in [0, 0.05) is 18.5 Å². The molecular formula is C31H49N3O6. The number of carbonyl (C=O) groups is 4. The molecule has 9 nitrogen and oxygen atoms in total. The van der Waals surface area contributed by atoms with Crippen LogP contribution in [0.25, 0.3) is 0 Å². The lowest BCUT2D eigenvalue weighted by atomic mass is 9.76. The molecule has 1 rings (SSSR count). The molecule has 1 aromatic rings. The average molecular weight is 560 g/mol. The molecule has 224 valence electrons. The van der Waals surface area contributed by atoms with Crippen LogP contribution in [0.4, 0.5) is 0 Å². The predicted octanol–water partition coefficient (Wildman–Crippen LogP) is 4.16. The van der Waals surface area contributed by atoms with Crippen LogP contribution in [-0.4, -0.2) is 71.6 Å². The topological polar surface area (TPSA) is 125 Å². The lowest BCUT2D eigenvalue weighted by Crippen LogP contribution is -2.61. The number of esters is 1. The van der Waals surface area contributed by atoms with Gasteiger partial charge in [0.2, 0.25) is 11.8 Å². The summed E-state index contributed by atoms with van der Waals surface area (Å²) in [5.41, 5.74) is -0.716. The van der Waals surface area contributed by atoms with Gasteiger partial charge in [0.05, 0.1) is 17.6 Å². The van der Waals surface area contributed by atoms with Crippen molar-refractivity contribution in [1.29, 1.82) is 0 Å². The van der Waals surface area contributed by atoms with Crippen molar-refractivity contribution in [1.82, 2.24) is 15.5 Å². The Balaban J connectivity index is 3.27. The fourth-order valence-corrected chi connectivity index (χ4v) is 4.56. The molecule has 9 heteroatoms. The summed E-state index contributed by atoms with van der Waals surface area (Å²) in [4.78, 5) is 52.5. The molecule has 3 atom stereocenters. The molecule has 1 aromatic carbocycles. The van der Waals surface area contributed by atoms with Crippen molar-refractivity contribution in [2.24, 2.45) is 11.3 Å². The number of carboxylic acids is 1. The second kappa shape index (κ2) is 13.4. The average Bonchev–Trinajstić information content (AvgIpc) is 2.80. The van der Waals surface area contributed by atoms with Crippen LogP contribution in [0, 0.1) is 11.3 Å². The smallest absolute Gasteiger partial charge is 0.338 e. The molecule has 0 aliphatic heterocycles. The SMILES string of the molecule is CN[C@H](C(=O)N[C@H](C(=O)N(C)[C@H](/C=C/C(=O)O)C(C)C)C(C)(C)C)C(C)(C)c1ccc(C(=O)OC(C)(C)C)cc1. The second-order valence-electron chi connectivity index (χ2n) is 13.2. The fraction of sp³-hybridized carbons (Fsp3) is 0.613. The van der Waals surface area contributed by atoms with Crippen molar-refractivity contribution in [3.05, 3.63) is 47.5 Å². The van der Waals surface area contributed by atoms with Crippen LogP contribution in [0.15, 0.2) is 36.4 Å². The predicted molar refractivity (Wildman–Crippen MR) is 157 cm³/mol. The zero-order valence-electron chi connectivity index (χ0n) is 26.2. The van der Waals surface area contributed by atoms with E-state index in [9.17, 15) is 19.2 Å². The van der Waals surface area contributed by atoms with Crippen LogP contribution in [0.5, 0.6) is 0 Å². The van der Waals surface area contributed by atoms with E-state index in [1.54, 1.807) is 38.4 Å². The lowest BCUT2D eigenvalue weighted by molar-refractivity contribution is -0.141. The molecule has 0 aliphatic rings. The Morgan fingerprint density at radius 2 is 1.45 bits per heavy atom. The third-order valence-electron chi connectivity index (χ3n) is 6.85. The van der Waals surface area contributed by atoms with Gasteiger partial charge in [0.15, 0.2) is 0 Å². The molecule has 40 heavy (non-hydrogen) atoms. The molecule has 0 unspecified atom stereocenters. The highest BCUT2D eigenvalue weighted by molar-refractivity contribution is 5.92. The van der Waals surface area contributed by atoms with E-state index in [-0.39, 0.29) is 17.7 Å². The number of hydrogen-bond acceptors (Lipinski definition) is 6. The van der Waals surface area contributed by atoms with Crippen molar-refractivity contribution in [2.75, 3.05) is 14.1 Å². The lowest BCUT2D eigenvalue weighted by Gasteiger charge is -2.39. The van der Waals surface area contributed by atoms with E-state index < -0.39 is 46.5 Å². The van der Waals surface area contributed by atoms with Gasteiger partial charge >= 0.3 is 11.9 Å². The summed E-state index contributed by atoms with van der Waals surface area (Å²) in [6.45, 7) is 18.7. The highest BCUT2D eigenvalue weighted by Gasteiger charge is 2.41. The molecule has 0 saturated heterocycles. The largest absolute Gasteiger partial charge is 0.478 e. The highest BCUT2D eigenvalue weighted by Crippen LogP contribution is 2.29. The fourth-order valence-electron chi connectivity index (χ4n) is 4.56. The second-order valence-corrected chi connectivity index (χ2v) is 13.2. The number of rotatable bonds is 11. The molecule has 0 saturated carbocycles. The first-order valence-electron chi connectivity index (χ1n) is 13.6. The monoisotopic (exact) mass is 559 g/mol. The summed E-state index contributed by atoms with van der Waals surface area (Å²) in [6.07, 6.45) is 2.53. The first kappa shape index (κ1) is 34.8. The highest BCUT2D eigenvalue weighted by atomic mass is 16.6. The van der Waals surface area contributed by atoms with Gasteiger partial charge in [-0.25, -0.2) is 9.59 Å². The summed E-state index contributed by atoms with van der Waals surface area (Å²) >= 11 is 0. The van der Waals surface area contributed by atoms with Crippen molar-refractivity contribution >= 4 is 23.8 Å². The van der Waals surface area contributed by atoms with E-state index in [0.717, 1.165) is 11.6 Å². The third-order valence-corrected chi connectivity index (χ3v) is 6.85. The third kappa shape index (κ3) is 9.47. The van der Waals surface area contributed by atoms with Gasteiger partial charge in [-0.3, -0.25) is 9.59 Å². The Kier molecular flexibility index (Phi) is 11.7. The van der Waals surface area contributed by atoms with Crippen molar-refractivity contribution < 1.29 is 29.0 Å². The van der Waals surface area contributed by atoms with Crippen molar-refractivity contribution in [3.8, 4) is 0 Å². The molecular weight excluding hydrogens is 510 g/mol. The maximum absolute atomic E-state index is 13.7. The van der Waals surface area contributed by atoms with E-state index in [1.807, 2.05) is 69.2 Å². The summed E-state index contributed by atoms with van der Waals surface area (Å²) in [6, 6.07) is 4.93. The molecule has 0 heterocycles. The number of aliphatic carboxylic acids is 1. The van der Waals surface area contributed by atoms with E-state index in [0.29, 0.717) is 5.56 Å². The van der Waals surface area contributed by atoms with Gasteiger partial charge in [-0.15, -0.1) is 0 Å². The number of carbonyl (C=O) groups excluding carboxylic acids is 3. The number of ether oxygens (including phenoxy) is 1. The Morgan fingerprint density at radius 1 is 0.925 bits per heavy atom. The molecule has 0 fully saturated rings. The van der Waals surface area contributed by atoms with Crippen LogP contribution in [0.1, 0.15) is 85.2 Å². The van der Waals surface area contributed by atoms with E-state index in [4.69, 9.17) is 9.84 Å². The number of nitrogens with one attached hydrogen (secondary N) is 2. The summed E-state index contributed by atoms with van der Waals surface area (Å²) in [5.74, 6) is -2.23. The molecule has 3 N–H and O–H groups in total. The standard InChI is InChI=1S/C31H49N3O6/c1-19(2)22(17-18-23(35)36)34(12)27(38)25(29(3,4)5)33-26(37)24(32-11)31(9,10)21-15-13-20(14-16-21)28(39)40-30(6,7)8/h13-19,22,24-25,32H,1-12H3,(H,33,37)(H,35,36)/b18-17+/t22-,24-,25-/m1/s1. The summed E-state index contributed by atoms with van der Waals surface area (Å²) in [5, 5.41) is 15.2. The number of amides is 2. The van der Waals surface area contributed by atoms with Crippen LogP contribution < -0.4 is 10.6 Å². The van der Waals surface area contributed by atoms with E-state index in [2.05, 4.69) is 10.6 Å². The first-order valence-corrected chi connectivity index (χ1v) is 13.6. The van der Waals surface area contributed by atoms with Crippen molar-refractivity contribution in [3.63, 3.8) is 0 Å². The maximum Gasteiger partial charge on any atom is 0.338 e. The van der Waals surface area contributed by atoms with Gasteiger partial charge in [-0.2, -0.15) is 0 Å². The minimum atomic E-state index is -1.09. The molecule has 0 bridgehead atoms. The van der Waals surface area contributed by atoms with Crippen molar-refractivity contribution in [2.45, 2.75) is 98.4 Å². The summed E-state index contributed by atoms with van der Waals surface area (Å²) in [7, 11) is 3.31. The Hall–Kier alpha value is -3.20. The van der Waals surface area contributed by atoms with E-state index >= 15 is 0 Å². The zero-order valence-corrected chi connectivity index (χ0v) is 26.2. The number of benzene rings is 1. The quantitative estimate of drug-likeness (QED) is 0.275. The minimum Gasteiger partial charge on any atom is -0.478 e. The van der Waals surface area contributed by atoms with Crippen LogP contribution in [0.2, 0.25) is 0 Å². The molecule has 0 radical (unpaired) electrons. The molecule has 0 spiro atoms. The van der Waals surface area contributed by atoms with Gasteiger partial charge in [0.25, 0.3) is 0 Å². The number of nitrogens with zero attached hydrogens (tertiary/aromatic N) is 1. The van der Waals surface area contributed by atoms with Gasteiger partial charge < -0.3 is 25.4 Å². The molecule has 0 aliphatic carbocycles. The van der Waals surface area contributed by atoms with Gasteiger partial charge in [-0.1, -0.05) is 66.7 Å². The summed E-state index contributed by atoms with van der Waals surface area (Å²) < 4.78 is 5.45. The zero-order chi connectivity index (χ0) is 31.2. The Bertz CT molecular complexity index is 1080. The first-order chi connectivity index (χ1) is 18.1. The van der Waals surface area contributed by atoms with Crippen LogP contribution in [0.3, 0.4) is 0 Å². The number of likely N-dealkylation sites (N-methyl/N-ethyl adjacent to an activating group) is 2. The minimum absolute atomic E-state index is 0.0477. The molecule has 2 amide bonds. The normalized spacial score (nSPS) is 14.9. The van der Waals surface area contributed by atoms with Gasteiger partial charge in [-0.05, 0) is 56.8 Å². The number of carboxylic acid groups (broad SMARTS) is 1. The van der Waals surface area contributed by atoms with Crippen LogP contribution in [-0.2, 0) is 24.5 Å². The van der Waals surface area contributed by atoms with Crippen LogP contribution >= 0.6 is 0 Å². The van der Waals surface area contributed by atoms with Gasteiger partial charge in [0.1, 0.15) is 11.6 Å². The maximum atomic E-state index is 13.7. The number of hydrogen-bond donors (Lipinski definition) is 3.